The second kappa shape index (κ2) is 7.12. The summed E-state index contributed by atoms with van der Waals surface area (Å²) in [5.74, 6) is 0.0111. The molecule has 0 unspecified atom stereocenters. The van der Waals surface area contributed by atoms with Crippen LogP contribution in [0.3, 0.4) is 0 Å². The lowest BCUT2D eigenvalue weighted by molar-refractivity contribution is 0.0954. The molecule has 0 spiro atoms. The van der Waals surface area contributed by atoms with E-state index in [1.54, 1.807) is 0 Å². The molecule has 1 saturated heterocycles. The van der Waals surface area contributed by atoms with Crippen molar-refractivity contribution in [3.63, 3.8) is 0 Å². The van der Waals surface area contributed by atoms with E-state index >= 15 is 0 Å². The standard InChI is InChI=1S/C19H22N2O/c22-19(20-12-11-16-7-2-1-3-8-16)17-9-6-10-18(15-17)21-13-4-5-14-21/h1-3,6-10,15H,4-5,11-14H2,(H,20,22). The number of carbonyl (C=O) groups is 1. The predicted molar refractivity (Wildman–Crippen MR) is 90.4 cm³/mol. The van der Waals surface area contributed by atoms with Crippen LogP contribution in [0.1, 0.15) is 28.8 Å². The molecule has 0 atom stereocenters. The van der Waals surface area contributed by atoms with E-state index in [1.807, 2.05) is 36.4 Å². The van der Waals surface area contributed by atoms with Crippen molar-refractivity contribution in [1.29, 1.82) is 0 Å². The van der Waals surface area contributed by atoms with E-state index in [4.69, 9.17) is 0 Å². The summed E-state index contributed by atoms with van der Waals surface area (Å²) in [4.78, 5) is 14.6. The van der Waals surface area contributed by atoms with Crippen LogP contribution < -0.4 is 10.2 Å². The van der Waals surface area contributed by atoms with Gasteiger partial charge in [0.1, 0.15) is 0 Å². The summed E-state index contributed by atoms with van der Waals surface area (Å²) >= 11 is 0. The van der Waals surface area contributed by atoms with Crippen molar-refractivity contribution < 1.29 is 4.79 Å². The molecule has 1 N–H and O–H groups in total. The number of hydrogen-bond acceptors (Lipinski definition) is 2. The highest BCUT2D eigenvalue weighted by Gasteiger charge is 2.14. The smallest absolute Gasteiger partial charge is 0.251 e. The lowest BCUT2D eigenvalue weighted by atomic mass is 10.1. The van der Waals surface area contributed by atoms with E-state index in [0.29, 0.717) is 6.54 Å². The molecule has 3 rings (SSSR count). The maximum atomic E-state index is 12.3. The number of hydrogen-bond donors (Lipinski definition) is 1. The largest absolute Gasteiger partial charge is 0.372 e. The van der Waals surface area contributed by atoms with Gasteiger partial charge in [0.05, 0.1) is 0 Å². The van der Waals surface area contributed by atoms with Crippen LogP contribution in [0.15, 0.2) is 54.6 Å². The Morgan fingerprint density at radius 3 is 2.55 bits per heavy atom. The van der Waals surface area contributed by atoms with E-state index in [1.165, 1.54) is 18.4 Å². The minimum atomic E-state index is 0.0111. The molecule has 1 fully saturated rings. The summed E-state index contributed by atoms with van der Waals surface area (Å²) < 4.78 is 0. The van der Waals surface area contributed by atoms with E-state index in [0.717, 1.165) is 30.8 Å². The first-order valence-electron chi connectivity index (χ1n) is 8.00. The van der Waals surface area contributed by atoms with Gasteiger partial charge >= 0.3 is 0 Å². The first-order chi connectivity index (χ1) is 10.8. The van der Waals surface area contributed by atoms with Crippen LogP contribution in [0.5, 0.6) is 0 Å². The van der Waals surface area contributed by atoms with Gasteiger partial charge in [0.15, 0.2) is 0 Å². The Morgan fingerprint density at radius 2 is 1.77 bits per heavy atom. The Bertz CT molecular complexity index is 618. The molecule has 0 aromatic heterocycles. The molecule has 1 amide bonds. The summed E-state index contributed by atoms with van der Waals surface area (Å²) in [6, 6.07) is 18.2. The molecular formula is C19H22N2O. The molecule has 114 valence electrons. The van der Waals surface area contributed by atoms with E-state index < -0.39 is 0 Å². The van der Waals surface area contributed by atoms with Crippen LogP contribution in [0.2, 0.25) is 0 Å². The van der Waals surface area contributed by atoms with E-state index in [9.17, 15) is 4.79 Å². The van der Waals surface area contributed by atoms with Crippen LogP contribution in [-0.4, -0.2) is 25.5 Å². The molecule has 1 aliphatic rings. The van der Waals surface area contributed by atoms with Crippen LogP contribution in [0.4, 0.5) is 5.69 Å². The van der Waals surface area contributed by atoms with Crippen LogP contribution in [0.25, 0.3) is 0 Å². The van der Waals surface area contributed by atoms with Gasteiger partial charge < -0.3 is 10.2 Å². The molecule has 0 aliphatic carbocycles. The van der Waals surface area contributed by atoms with Gasteiger partial charge in [0.2, 0.25) is 0 Å². The zero-order valence-electron chi connectivity index (χ0n) is 12.8. The van der Waals surface area contributed by atoms with Gasteiger partial charge in [-0.1, -0.05) is 36.4 Å². The Kier molecular flexibility index (Phi) is 4.74. The monoisotopic (exact) mass is 294 g/mol. The van der Waals surface area contributed by atoms with Gasteiger partial charge in [0.25, 0.3) is 5.91 Å². The van der Waals surface area contributed by atoms with Gasteiger partial charge in [-0.15, -0.1) is 0 Å². The normalized spacial score (nSPS) is 14.1. The molecule has 1 heterocycles. The van der Waals surface area contributed by atoms with Crippen LogP contribution in [-0.2, 0) is 6.42 Å². The Hall–Kier alpha value is -2.29. The number of amides is 1. The highest BCUT2D eigenvalue weighted by atomic mass is 16.1. The maximum Gasteiger partial charge on any atom is 0.251 e. The van der Waals surface area contributed by atoms with Crippen molar-refractivity contribution in [2.24, 2.45) is 0 Å². The minimum absolute atomic E-state index is 0.0111. The molecular weight excluding hydrogens is 272 g/mol. The van der Waals surface area contributed by atoms with Crippen molar-refractivity contribution in [3.05, 3.63) is 65.7 Å². The number of carbonyl (C=O) groups excluding carboxylic acids is 1. The lowest BCUT2D eigenvalue weighted by Gasteiger charge is -2.18. The molecule has 0 radical (unpaired) electrons. The Labute approximate surface area is 132 Å². The van der Waals surface area contributed by atoms with Gasteiger partial charge in [-0.05, 0) is 43.0 Å². The molecule has 1 aliphatic heterocycles. The number of nitrogens with one attached hydrogen (secondary N) is 1. The predicted octanol–water partition coefficient (Wildman–Crippen LogP) is 3.26. The number of nitrogens with zero attached hydrogens (tertiary/aromatic N) is 1. The fraction of sp³-hybridized carbons (Fsp3) is 0.316. The van der Waals surface area contributed by atoms with Crippen molar-refractivity contribution in [2.75, 3.05) is 24.5 Å². The summed E-state index contributed by atoms with van der Waals surface area (Å²) in [6.45, 7) is 2.86. The molecule has 0 saturated carbocycles. The SMILES string of the molecule is O=C(NCCc1ccccc1)c1cccc(N2CCCC2)c1. The maximum absolute atomic E-state index is 12.3. The Balaban J connectivity index is 1.56. The number of rotatable bonds is 5. The number of anilines is 1. The highest BCUT2D eigenvalue weighted by Crippen LogP contribution is 2.21. The van der Waals surface area contributed by atoms with Crippen molar-refractivity contribution in [2.45, 2.75) is 19.3 Å². The second-order valence-corrected chi connectivity index (χ2v) is 5.74. The van der Waals surface area contributed by atoms with Gasteiger partial charge in [-0.2, -0.15) is 0 Å². The van der Waals surface area contributed by atoms with Crippen molar-refractivity contribution in [3.8, 4) is 0 Å². The van der Waals surface area contributed by atoms with E-state index in [2.05, 4.69) is 28.4 Å². The summed E-state index contributed by atoms with van der Waals surface area (Å²) in [5, 5.41) is 3.01. The first kappa shape index (κ1) is 14.6. The molecule has 2 aromatic rings. The molecule has 2 aromatic carbocycles. The third-order valence-electron chi connectivity index (χ3n) is 4.12. The summed E-state index contributed by atoms with van der Waals surface area (Å²) in [5.41, 5.74) is 3.15. The number of benzene rings is 2. The van der Waals surface area contributed by atoms with Crippen molar-refractivity contribution >= 4 is 11.6 Å². The zero-order valence-corrected chi connectivity index (χ0v) is 12.8. The third-order valence-corrected chi connectivity index (χ3v) is 4.12. The van der Waals surface area contributed by atoms with Gasteiger partial charge in [0, 0.05) is 30.9 Å². The quantitative estimate of drug-likeness (QED) is 0.918. The average molecular weight is 294 g/mol. The Morgan fingerprint density at radius 1 is 1.00 bits per heavy atom. The summed E-state index contributed by atoms with van der Waals surface area (Å²) in [7, 11) is 0. The van der Waals surface area contributed by atoms with Crippen molar-refractivity contribution in [1.82, 2.24) is 5.32 Å². The molecule has 3 heteroatoms. The van der Waals surface area contributed by atoms with Crippen LogP contribution in [0, 0.1) is 0 Å². The van der Waals surface area contributed by atoms with Gasteiger partial charge in [-0.3, -0.25) is 4.79 Å². The second-order valence-electron chi connectivity index (χ2n) is 5.74. The molecule has 22 heavy (non-hydrogen) atoms. The fourth-order valence-corrected chi connectivity index (χ4v) is 2.89. The van der Waals surface area contributed by atoms with E-state index in [-0.39, 0.29) is 5.91 Å². The van der Waals surface area contributed by atoms with Crippen LogP contribution >= 0.6 is 0 Å². The minimum Gasteiger partial charge on any atom is -0.372 e. The lowest BCUT2D eigenvalue weighted by Crippen LogP contribution is -2.26. The topological polar surface area (TPSA) is 32.3 Å². The molecule has 0 bridgehead atoms. The summed E-state index contributed by atoms with van der Waals surface area (Å²) in [6.07, 6.45) is 3.35. The fourth-order valence-electron chi connectivity index (χ4n) is 2.89. The zero-order chi connectivity index (χ0) is 15.2. The third kappa shape index (κ3) is 3.67. The van der Waals surface area contributed by atoms with Gasteiger partial charge in [-0.25, -0.2) is 0 Å². The highest BCUT2D eigenvalue weighted by molar-refractivity contribution is 5.95. The molecule has 3 nitrogen and oxygen atoms in total. The first-order valence-corrected chi connectivity index (χ1v) is 8.00. The average Bonchev–Trinajstić information content (AvgIpc) is 3.10.